The second-order valence-electron chi connectivity index (χ2n) is 6.00. The van der Waals surface area contributed by atoms with Gasteiger partial charge in [-0.3, -0.25) is 4.99 Å². The Kier molecular flexibility index (Phi) is 13.6. The fourth-order valence-corrected chi connectivity index (χ4v) is 3.05. The lowest BCUT2D eigenvalue weighted by Gasteiger charge is -2.11. The van der Waals surface area contributed by atoms with Gasteiger partial charge in [-0.05, 0) is 33.1 Å². The number of aliphatic imine (C=N–C) groups is 1. The first kappa shape index (κ1) is 23.6. The van der Waals surface area contributed by atoms with E-state index >= 15 is 0 Å². The second-order valence-corrected chi connectivity index (χ2v) is 7.29. The number of ether oxygens (including phenoxy) is 1. The fourth-order valence-electron chi connectivity index (χ4n) is 2.12. The number of halogens is 1. The van der Waals surface area contributed by atoms with Gasteiger partial charge in [0, 0.05) is 44.1 Å². The van der Waals surface area contributed by atoms with Crippen molar-refractivity contribution >= 4 is 41.3 Å². The number of hydrogen-bond donors (Lipinski definition) is 2. The van der Waals surface area contributed by atoms with Crippen LogP contribution in [0.2, 0.25) is 0 Å². The predicted octanol–water partition coefficient (Wildman–Crippen LogP) is 3.54. The van der Waals surface area contributed by atoms with Crippen LogP contribution in [-0.2, 0) is 11.2 Å². The predicted molar refractivity (Wildman–Crippen MR) is 115 cm³/mol. The molecule has 0 aliphatic rings. The Hall–Kier alpha value is -0.410. The molecule has 0 bridgehead atoms. The van der Waals surface area contributed by atoms with Crippen molar-refractivity contribution in [1.82, 2.24) is 15.6 Å². The van der Waals surface area contributed by atoms with E-state index in [1.807, 2.05) is 0 Å². The highest BCUT2D eigenvalue weighted by Gasteiger charge is 2.05. The highest BCUT2D eigenvalue weighted by atomic mass is 127. The monoisotopic (exact) mass is 468 g/mol. The van der Waals surface area contributed by atoms with E-state index < -0.39 is 0 Å². The molecular formula is C17H33IN4OS. The largest absolute Gasteiger partial charge is 0.381 e. The van der Waals surface area contributed by atoms with E-state index in [0.717, 1.165) is 62.4 Å². The Bertz CT molecular complexity index is 477. The molecule has 0 unspecified atom stereocenters. The molecule has 1 rings (SSSR count). The smallest absolute Gasteiger partial charge is 0.191 e. The minimum atomic E-state index is 0. The van der Waals surface area contributed by atoms with E-state index in [0.29, 0.717) is 5.92 Å². The number of rotatable bonds is 10. The van der Waals surface area contributed by atoms with Crippen LogP contribution in [-0.4, -0.2) is 43.8 Å². The highest BCUT2D eigenvalue weighted by molar-refractivity contribution is 14.0. The van der Waals surface area contributed by atoms with Crippen molar-refractivity contribution in [2.75, 3.05) is 32.8 Å². The zero-order valence-electron chi connectivity index (χ0n) is 15.6. The minimum absolute atomic E-state index is 0. The number of hydrogen-bond acceptors (Lipinski definition) is 4. The van der Waals surface area contributed by atoms with E-state index in [1.54, 1.807) is 11.3 Å². The van der Waals surface area contributed by atoms with Crippen molar-refractivity contribution in [3.05, 3.63) is 15.6 Å². The number of guanidine groups is 1. The molecule has 0 radical (unpaired) electrons. The Morgan fingerprint density at radius 2 is 2.04 bits per heavy atom. The molecule has 1 heterocycles. The first-order valence-electron chi connectivity index (χ1n) is 8.55. The first-order valence-corrected chi connectivity index (χ1v) is 9.37. The summed E-state index contributed by atoms with van der Waals surface area (Å²) in [5, 5.41) is 7.81. The number of nitrogens with one attached hydrogen (secondary N) is 2. The molecule has 0 amide bonds. The Labute approximate surface area is 168 Å². The molecular weight excluding hydrogens is 435 g/mol. The number of nitrogens with zero attached hydrogens (tertiary/aromatic N) is 2. The molecule has 0 aliphatic heterocycles. The van der Waals surface area contributed by atoms with Crippen molar-refractivity contribution in [2.45, 2.75) is 47.5 Å². The van der Waals surface area contributed by atoms with Gasteiger partial charge in [-0.1, -0.05) is 13.8 Å². The minimum Gasteiger partial charge on any atom is -0.381 e. The first-order chi connectivity index (χ1) is 11.0. The molecule has 1 aromatic rings. The molecule has 5 nitrogen and oxygen atoms in total. The van der Waals surface area contributed by atoms with Gasteiger partial charge in [-0.15, -0.1) is 35.3 Å². The van der Waals surface area contributed by atoms with Crippen LogP contribution in [0, 0.1) is 19.8 Å². The van der Waals surface area contributed by atoms with Gasteiger partial charge in [0.1, 0.15) is 0 Å². The van der Waals surface area contributed by atoms with Crippen LogP contribution in [0.3, 0.4) is 0 Å². The molecule has 7 heteroatoms. The summed E-state index contributed by atoms with van der Waals surface area (Å²) in [5.74, 6) is 1.48. The van der Waals surface area contributed by atoms with Gasteiger partial charge in [0.25, 0.3) is 0 Å². The van der Waals surface area contributed by atoms with Gasteiger partial charge in [0.2, 0.25) is 0 Å². The average molecular weight is 468 g/mol. The van der Waals surface area contributed by atoms with Crippen LogP contribution in [0.15, 0.2) is 4.99 Å². The molecule has 0 saturated heterocycles. The van der Waals surface area contributed by atoms with Gasteiger partial charge in [-0.2, -0.15) is 0 Å². The normalized spacial score (nSPS) is 11.5. The van der Waals surface area contributed by atoms with Crippen LogP contribution in [0.1, 0.15) is 42.8 Å². The van der Waals surface area contributed by atoms with Crippen molar-refractivity contribution < 1.29 is 4.74 Å². The van der Waals surface area contributed by atoms with Crippen LogP contribution in [0.4, 0.5) is 0 Å². The summed E-state index contributed by atoms with van der Waals surface area (Å²) in [6.45, 7) is 14.7. The van der Waals surface area contributed by atoms with E-state index in [9.17, 15) is 0 Å². The van der Waals surface area contributed by atoms with E-state index in [1.165, 1.54) is 4.88 Å². The lowest BCUT2D eigenvalue weighted by molar-refractivity contribution is 0.109. The van der Waals surface area contributed by atoms with Gasteiger partial charge in [0.15, 0.2) is 5.96 Å². The third kappa shape index (κ3) is 10.5. The zero-order valence-corrected chi connectivity index (χ0v) is 18.8. The number of aryl methyl sites for hydroxylation is 2. The molecule has 0 fully saturated rings. The second kappa shape index (κ2) is 13.8. The molecule has 0 saturated carbocycles. The topological polar surface area (TPSA) is 58.5 Å². The summed E-state index contributed by atoms with van der Waals surface area (Å²) in [6.07, 6.45) is 1.94. The highest BCUT2D eigenvalue weighted by Crippen LogP contribution is 2.16. The fraction of sp³-hybridized carbons (Fsp3) is 0.765. The molecule has 0 spiro atoms. The Balaban J connectivity index is 0.00000529. The Morgan fingerprint density at radius 3 is 2.62 bits per heavy atom. The van der Waals surface area contributed by atoms with E-state index in [4.69, 9.17) is 4.74 Å². The van der Waals surface area contributed by atoms with E-state index in [2.05, 4.69) is 55.2 Å². The maximum atomic E-state index is 5.58. The Morgan fingerprint density at radius 1 is 1.29 bits per heavy atom. The van der Waals surface area contributed by atoms with Crippen molar-refractivity contribution in [3.63, 3.8) is 0 Å². The van der Waals surface area contributed by atoms with Gasteiger partial charge in [0.05, 0.1) is 10.7 Å². The lowest BCUT2D eigenvalue weighted by Crippen LogP contribution is -2.38. The maximum absolute atomic E-state index is 5.58. The summed E-state index contributed by atoms with van der Waals surface area (Å²) >= 11 is 1.78. The number of aromatic nitrogens is 1. The standard InChI is InChI=1S/C17H32N4OS.HI/c1-6-18-17(19-9-7-11-22-12-13(2)3)20-10-8-16-14(4)21-15(5)23-16;/h13H,6-12H2,1-5H3,(H2,18,19,20);1H. The maximum Gasteiger partial charge on any atom is 0.191 e. The van der Waals surface area contributed by atoms with Crippen LogP contribution >= 0.6 is 35.3 Å². The van der Waals surface area contributed by atoms with Crippen molar-refractivity contribution in [3.8, 4) is 0 Å². The molecule has 140 valence electrons. The molecule has 24 heavy (non-hydrogen) atoms. The third-order valence-electron chi connectivity index (χ3n) is 3.16. The van der Waals surface area contributed by atoms with Crippen LogP contribution in [0.25, 0.3) is 0 Å². The lowest BCUT2D eigenvalue weighted by atomic mass is 10.2. The van der Waals surface area contributed by atoms with E-state index in [-0.39, 0.29) is 24.0 Å². The van der Waals surface area contributed by atoms with Crippen LogP contribution < -0.4 is 10.6 Å². The molecule has 0 aromatic carbocycles. The molecule has 1 aromatic heterocycles. The quantitative estimate of drug-likeness (QED) is 0.239. The molecule has 0 aliphatic carbocycles. The van der Waals surface area contributed by atoms with Crippen molar-refractivity contribution in [1.29, 1.82) is 0 Å². The molecule has 0 atom stereocenters. The summed E-state index contributed by atoms with van der Waals surface area (Å²) in [7, 11) is 0. The summed E-state index contributed by atoms with van der Waals surface area (Å²) < 4.78 is 5.58. The summed E-state index contributed by atoms with van der Waals surface area (Å²) in [5.41, 5.74) is 1.15. The van der Waals surface area contributed by atoms with Gasteiger partial charge < -0.3 is 15.4 Å². The van der Waals surface area contributed by atoms with Gasteiger partial charge >= 0.3 is 0 Å². The summed E-state index contributed by atoms with van der Waals surface area (Å²) in [4.78, 5) is 10.4. The SMILES string of the molecule is CCNC(=NCCCOCC(C)C)NCCc1sc(C)nc1C.I. The van der Waals surface area contributed by atoms with Gasteiger partial charge in [-0.25, -0.2) is 4.98 Å². The summed E-state index contributed by atoms with van der Waals surface area (Å²) in [6, 6.07) is 0. The van der Waals surface area contributed by atoms with Crippen LogP contribution in [0.5, 0.6) is 0 Å². The third-order valence-corrected chi connectivity index (χ3v) is 4.29. The molecule has 2 N–H and O–H groups in total. The average Bonchev–Trinajstić information content (AvgIpc) is 2.80. The zero-order chi connectivity index (χ0) is 17.1. The number of thiazole rings is 1. The van der Waals surface area contributed by atoms with Crippen molar-refractivity contribution in [2.24, 2.45) is 10.9 Å².